The van der Waals surface area contributed by atoms with Crippen LogP contribution in [0.25, 0.3) is 10.9 Å². The third-order valence-corrected chi connectivity index (χ3v) is 2.48. The molecule has 2 rings (SSSR count). The van der Waals surface area contributed by atoms with E-state index in [0.29, 0.717) is 16.5 Å². The molecule has 0 aliphatic heterocycles. The summed E-state index contributed by atoms with van der Waals surface area (Å²) in [5.74, 6) is 5.20. The number of hydrogen-bond donors (Lipinski definition) is 1. The fraction of sp³-hybridized carbons (Fsp3) is 0.143. The van der Waals surface area contributed by atoms with Gasteiger partial charge in [-0.1, -0.05) is 17.9 Å². The number of esters is 1. The molecule has 0 amide bonds. The van der Waals surface area contributed by atoms with Gasteiger partial charge in [-0.25, -0.2) is 0 Å². The van der Waals surface area contributed by atoms with Crippen LogP contribution in [-0.4, -0.2) is 18.1 Å². The van der Waals surface area contributed by atoms with Crippen LogP contribution in [0.4, 0.5) is 0 Å². The Kier molecular flexibility index (Phi) is 3.44. The normalized spacial score (nSPS) is 9.61. The van der Waals surface area contributed by atoms with Gasteiger partial charge >= 0.3 is 5.97 Å². The fourth-order valence-corrected chi connectivity index (χ4v) is 1.59. The van der Waals surface area contributed by atoms with Gasteiger partial charge in [0.2, 0.25) is 0 Å². The van der Waals surface area contributed by atoms with Crippen LogP contribution >= 0.6 is 0 Å². The summed E-state index contributed by atoms with van der Waals surface area (Å²) >= 11 is 0. The Morgan fingerprint density at radius 3 is 3.00 bits per heavy atom. The van der Waals surface area contributed by atoms with Gasteiger partial charge in [0.05, 0.1) is 12.6 Å². The molecule has 0 aliphatic carbocycles. The van der Waals surface area contributed by atoms with Crippen molar-refractivity contribution in [3.8, 4) is 11.8 Å². The Bertz CT molecular complexity index is 704. The molecule has 1 aromatic carbocycles. The van der Waals surface area contributed by atoms with Gasteiger partial charge in [0.15, 0.2) is 5.43 Å². The van der Waals surface area contributed by atoms with Crippen molar-refractivity contribution in [2.24, 2.45) is 0 Å². The second-order valence-corrected chi connectivity index (χ2v) is 3.62. The number of rotatable bonds is 1. The molecular formula is C14H11NO3. The maximum atomic E-state index is 11.6. The van der Waals surface area contributed by atoms with Gasteiger partial charge in [-0.15, -0.1) is 0 Å². The van der Waals surface area contributed by atoms with E-state index in [9.17, 15) is 9.59 Å². The van der Waals surface area contributed by atoms with E-state index >= 15 is 0 Å². The molecular weight excluding hydrogens is 230 g/mol. The van der Waals surface area contributed by atoms with Crippen LogP contribution in [0.5, 0.6) is 0 Å². The van der Waals surface area contributed by atoms with Crippen molar-refractivity contribution in [2.75, 3.05) is 7.11 Å². The molecule has 18 heavy (non-hydrogen) atoms. The minimum absolute atomic E-state index is 0.0317. The highest BCUT2D eigenvalue weighted by Crippen LogP contribution is 2.11. The summed E-state index contributed by atoms with van der Waals surface area (Å²) in [5.41, 5.74) is 1.32. The lowest BCUT2D eigenvalue weighted by molar-refractivity contribution is -0.139. The van der Waals surface area contributed by atoms with E-state index in [0.717, 1.165) is 0 Å². The third kappa shape index (κ3) is 2.41. The van der Waals surface area contributed by atoms with Crippen LogP contribution in [0, 0.1) is 11.8 Å². The first-order valence-corrected chi connectivity index (χ1v) is 5.38. The second-order valence-electron chi connectivity index (χ2n) is 3.62. The van der Waals surface area contributed by atoms with E-state index in [2.05, 4.69) is 21.6 Å². The number of para-hydroxylation sites is 1. The summed E-state index contributed by atoms with van der Waals surface area (Å²) in [6.07, 6.45) is 1.61. The number of nitrogens with one attached hydrogen (secondary N) is 1. The molecule has 4 heteroatoms. The van der Waals surface area contributed by atoms with E-state index in [1.165, 1.54) is 13.2 Å². The van der Waals surface area contributed by atoms with Crippen molar-refractivity contribution >= 4 is 16.9 Å². The molecule has 1 heterocycles. The minimum Gasteiger partial charge on any atom is -0.468 e. The van der Waals surface area contributed by atoms with E-state index in [1.807, 2.05) is 0 Å². The summed E-state index contributed by atoms with van der Waals surface area (Å²) < 4.78 is 4.50. The number of hydrogen-bond acceptors (Lipinski definition) is 3. The number of carbonyl (C=O) groups is 1. The summed E-state index contributed by atoms with van der Waals surface area (Å²) in [5, 5.41) is 0.586. The molecule has 4 nitrogen and oxygen atoms in total. The highest BCUT2D eigenvalue weighted by Gasteiger charge is 2.01. The number of fused-ring (bicyclic) bond motifs is 1. The SMILES string of the molecule is COC(=O)CC#Cc1cccc2c(=O)cc[nH]c12. The number of benzene rings is 1. The molecule has 0 unspecified atom stereocenters. The number of aromatic amines is 1. The molecule has 90 valence electrons. The standard InChI is InChI=1S/C14H11NO3/c1-18-13(17)7-3-5-10-4-2-6-11-12(16)8-9-15-14(10)11/h2,4,6,8-9H,7H2,1H3,(H,15,16). The Morgan fingerprint density at radius 1 is 1.39 bits per heavy atom. The Balaban J connectivity index is 2.43. The van der Waals surface area contributed by atoms with Crippen molar-refractivity contribution < 1.29 is 9.53 Å². The van der Waals surface area contributed by atoms with Crippen molar-refractivity contribution in [2.45, 2.75) is 6.42 Å². The number of H-pyrrole nitrogens is 1. The van der Waals surface area contributed by atoms with Crippen molar-refractivity contribution in [1.29, 1.82) is 0 Å². The van der Waals surface area contributed by atoms with Gasteiger partial charge in [-0.2, -0.15) is 0 Å². The van der Waals surface area contributed by atoms with E-state index < -0.39 is 0 Å². The number of ether oxygens (including phenoxy) is 1. The monoisotopic (exact) mass is 241 g/mol. The fourth-order valence-electron chi connectivity index (χ4n) is 1.59. The maximum absolute atomic E-state index is 11.6. The van der Waals surface area contributed by atoms with Gasteiger partial charge < -0.3 is 9.72 Å². The first-order chi connectivity index (χ1) is 8.72. The van der Waals surface area contributed by atoms with Crippen molar-refractivity contribution in [1.82, 2.24) is 4.98 Å². The molecule has 1 N–H and O–H groups in total. The van der Waals surface area contributed by atoms with Crippen LogP contribution in [0.3, 0.4) is 0 Å². The van der Waals surface area contributed by atoms with Crippen LogP contribution in [0.1, 0.15) is 12.0 Å². The van der Waals surface area contributed by atoms with Crippen LogP contribution in [-0.2, 0) is 9.53 Å². The second kappa shape index (κ2) is 5.19. The molecule has 0 atom stereocenters. The average Bonchev–Trinajstić information content (AvgIpc) is 2.39. The number of carbonyl (C=O) groups excluding carboxylic acids is 1. The zero-order valence-electron chi connectivity index (χ0n) is 9.82. The van der Waals surface area contributed by atoms with Gasteiger partial charge in [-0.05, 0) is 12.1 Å². The summed E-state index contributed by atoms with van der Waals surface area (Å²) in [7, 11) is 1.32. The number of aromatic nitrogens is 1. The molecule has 0 saturated carbocycles. The molecule has 0 radical (unpaired) electrons. The van der Waals surface area contributed by atoms with Gasteiger partial charge in [0.1, 0.15) is 6.42 Å². The quantitative estimate of drug-likeness (QED) is 0.607. The van der Waals surface area contributed by atoms with Crippen LogP contribution in [0.15, 0.2) is 35.3 Å². The minimum atomic E-state index is -0.378. The molecule has 0 aliphatic rings. The van der Waals surface area contributed by atoms with E-state index in [-0.39, 0.29) is 17.8 Å². The van der Waals surface area contributed by atoms with E-state index in [1.54, 1.807) is 24.4 Å². The maximum Gasteiger partial charge on any atom is 0.317 e. The number of pyridine rings is 1. The van der Waals surface area contributed by atoms with Crippen molar-refractivity contribution in [3.05, 3.63) is 46.2 Å². The predicted octanol–water partition coefficient (Wildman–Crippen LogP) is 1.44. The summed E-state index contributed by atoms with van der Waals surface area (Å²) in [4.78, 5) is 25.5. The lowest BCUT2D eigenvalue weighted by Crippen LogP contribution is -2.01. The van der Waals surface area contributed by atoms with Crippen LogP contribution < -0.4 is 5.43 Å². The molecule has 0 bridgehead atoms. The highest BCUT2D eigenvalue weighted by atomic mass is 16.5. The van der Waals surface area contributed by atoms with Gasteiger partial charge in [0.25, 0.3) is 0 Å². The van der Waals surface area contributed by atoms with Crippen LogP contribution in [0.2, 0.25) is 0 Å². The number of methoxy groups -OCH3 is 1. The zero-order valence-corrected chi connectivity index (χ0v) is 9.82. The van der Waals surface area contributed by atoms with Crippen molar-refractivity contribution in [3.63, 3.8) is 0 Å². The Hall–Kier alpha value is -2.54. The smallest absolute Gasteiger partial charge is 0.317 e. The average molecular weight is 241 g/mol. The van der Waals surface area contributed by atoms with Gasteiger partial charge in [-0.3, -0.25) is 9.59 Å². The zero-order chi connectivity index (χ0) is 13.0. The molecule has 1 aromatic heterocycles. The summed E-state index contributed by atoms with van der Waals surface area (Å²) in [6, 6.07) is 6.76. The largest absolute Gasteiger partial charge is 0.468 e. The molecule has 0 saturated heterocycles. The summed E-state index contributed by atoms with van der Waals surface area (Å²) in [6.45, 7) is 0. The Morgan fingerprint density at radius 2 is 2.22 bits per heavy atom. The topological polar surface area (TPSA) is 59.2 Å². The first-order valence-electron chi connectivity index (χ1n) is 5.38. The Labute approximate surface area is 104 Å². The molecule has 2 aromatic rings. The first kappa shape index (κ1) is 11.9. The lowest BCUT2D eigenvalue weighted by atomic mass is 10.1. The lowest BCUT2D eigenvalue weighted by Gasteiger charge is -1.99. The molecule has 0 fully saturated rings. The van der Waals surface area contributed by atoms with Gasteiger partial charge in [0, 0.05) is 23.2 Å². The highest BCUT2D eigenvalue weighted by molar-refractivity contribution is 5.84. The molecule has 0 spiro atoms. The predicted molar refractivity (Wildman–Crippen MR) is 68.1 cm³/mol. The van der Waals surface area contributed by atoms with E-state index in [4.69, 9.17) is 0 Å². The third-order valence-electron chi connectivity index (χ3n) is 2.48.